The topological polar surface area (TPSA) is 84.4 Å². The van der Waals surface area contributed by atoms with E-state index in [1.165, 1.54) is 0 Å². The average molecular weight is 487 g/mol. The van der Waals surface area contributed by atoms with Gasteiger partial charge in [0.2, 0.25) is 11.1 Å². The highest BCUT2D eigenvalue weighted by Crippen LogP contribution is 2.32. The number of benzene rings is 2. The maximum absolute atomic E-state index is 13.8. The molecule has 1 saturated heterocycles. The summed E-state index contributed by atoms with van der Waals surface area (Å²) >= 11 is 12.0. The van der Waals surface area contributed by atoms with E-state index in [1.807, 2.05) is 0 Å². The van der Waals surface area contributed by atoms with Crippen molar-refractivity contribution in [2.24, 2.45) is 0 Å². The van der Waals surface area contributed by atoms with E-state index >= 15 is 0 Å². The lowest BCUT2D eigenvalue weighted by molar-refractivity contribution is -0.123. The summed E-state index contributed by atoms with van der Waals surface area (Å²) in [5.74, 6) is -1.74. The molecule has 2 amide bonds. The van der Waals surface area contributed by atoms with E-state index in [0.29, 0.717) is 16.0 Å². The number of thioether (sulfide) groups is 1. The first-order valence-corrected chi connectivity index (χ1v) is 10.6. The second-order valence-corrected chi connectivity index (χ2v) is 8.30. The van der Waals surface area contributed by atoms with Crippen LogP contribution in [0.15, 0.2) is 65.7 Å². The van der Waals surface area contributed by atoms with Gasteiger partial charge in [-0.25, -0.2) is 4.98 Å². The lowest BCUT2D eigenvalue weighted by atomic mass is 10.2. The van der Waals surface area contributed by atoms with Crippen molar-refractivity contribution in [3.63, 3.8) is 0 Å². The molecule has 11 heteroatoms. The van der Waals surface area contributed by atoms with Crippen molar-refractivity contribution in [2.75, 3.05) is 0 Å². The van der Waals surface area contributed by atoms with Crippen LogP contribution >= 0.6 is 35.6 Å². The Balaban J connectivity index is 1.51. The molecule has 1 aliphatic heterocycles. The number of ether oxygens (including phenoxy) is 1. The predicted octanol–water partition coefficient (Wildman–Crippen LogP) is 4.61. The maximum Gasteiger partial charge on any atom is 0.285 e. The molecule has 160 valence electrons. The number of carbonyl (C=O) groups is 2. The van der Waals surface area contributed by atoms with Crippen LogP contribution in [0.1, 0.15) is 15.9 Å². The average Bonchev–Trinajstić information content (AvgIpc) is 3.04. The summed E-state index contributed by atoms with van der Waals surface area (Å²) in [5, 5.41) is 0.874. The molecule has 0 bridgehead atoms. The molecule has 0 unspecified atom stereocenters. The zero-order valence-corrected chi connectivity index (χ0v) is 18.4. The third-order valence-corrected chi connectivity index (χ3v) is 5.58. The maximum atomic E-state index is 13.8. The molecule has 3 aromatic rings. The third-order valence-electron chi connectivity index (χ3n) is 4.10. The summed E-state index contributed by atoms with van der Waals surface area (Å²) < 4.78 is 19.5. The van der Waals surface area contributed by atoms with Gasteiger partial charge in [-0.3, -0.25) is 15.0 Å². The summed E-state index contributed by atoms with van der Waals surface area (Å²) in [7, 11) is 0. The highest BCUT2D eigenvalue weighted by molar-refractivity contribution is 8.26. The minimum Gasteiger partial charge on any atom is -0.436 e. The van der Waals surface area contributed by atoms with Gasteiger partial charge in [-0.2, -0.15) is 14.4 Å². The van der Waals surface area contributed by atoms with Crippen LogP contribution in [0.5, 0.6) is 11.6 Å². The van der Waals surface area contributed by atoms with E-state index in [0.717, 1.165) is 23.0 Å². The molecule has 0 atom stereocenters. The Bertz CT molecular complexity index is 1260. The van der Waals surface area contributed by atoms with Crippen LogP contribution in [-0.4, -0.2) is 31.1 Å². The molecule has 2 aromatic carbocycles. The van der Waals surface area contributed by atoms with Crippen molar-refractivity contribution >= 4 is 57.8 Å². The fraction of sp³-hybridized carbons (Fsp3) is 0. The van der Waals surface area contributed by atoms with Crippen molar-refractivity contribution in [1.82, 2.24) is 20.4 Å². The second-order valence-electron chi connectivity index (χ2n) is 6.29. The molecule has 1 aromatic heterocycles. The fourth-order valence-corrected chi connectivity index (χ4v) is 3.96. The van der Waals surface area contributed by atoms with Gasteiger partial charge in [0.25, 0.3) is 17.7 Å². The molecule has 1 N–H and O–H groups in total. The monoisotopic (exact) mass is 486 g/mol. The minimum atomic E-state index is -0.769. The number of amides is 2. The highest BCUT2D eigenvalue weighted by atomic mass is 35.5. The molecule has 0 radical (unpaired) electrons. The van der Waals surface area contributed by atoms with Crippen LogP contribution in [0.2, 0.25) is 5.28 Å². The summed E-state index contributed by atoms with van der Waals surface area (Å²) in [5.41, 5.74) is 3.51. The minimum absolute atomic E-state index is 0.154. The first-order valence-electron chi connectivity index (χ1n) is 9.00. The van der Waals surface area contributed by atoms with Gasteiger partial charge in [0.05, 0.1) is 11.1 Å². The van der Waals surface area contributed by atoms with Gasteiger partial charge >= 0.3 is 0 Å². The Kier molecular flexibility index (Phi) is 6.45. The van der Waals surface area contributed by atoms with Crippen LogP contribution in [0.4, 0.5) is 4.39 Å². The van der Waals surface area contributed by atoms with Crippen molar-refractivity contribution < 1.29 is 18.7 Å². The summed E-state index contributed by atoms with van der Waals surface area (Å²) in [6.07, 6.45) is 2.49. The Morgan fingerprint density at radius 2 is 2.00 bits per heavy atom. The van der Waals surface area contributed by atoms with E-state index in [-0.39, 0.29) is 21.2 Å². The molecule has 2 heterocycles. The number of nitrogens with zero attached hydrogens (tertiary/aromatic N) is 3. The van der Waals surface area contributed by atoms with Gasteiger partial charge < -0.3 is 4.74 Å². The number of nitrogens with one attached hydrogen (secondary N) is 1. The van der Waals surface area contributed by atoms with Gasteiger partial charge in [0.15, 0.2) is 4.32 Å². The van der Waals surface area contributed by atoms with Crippen LogP contribution < -0.4 is 10.2 Å². The van der Waals surface area contributed by atoms with Crippen molar-refractivity contribution in [3.8, 4) is 11.6 Å². The predicted molar refractivity (Wildman–Crippen MR) is 122 cm³/mol. The van der Waals surface area contributed by atoms with Crippen molar-refractivity contribution in [3.05, 3.63) is 87.9 Å². The first-order chi connectivity index (χ1) is 15.4. The van der Waals surface area contributed by atoms with E-state index in [9.17, 15) is 14.0 Å². The van der Waals surface area contributed by atoms with Gasteiger partial charge in [0.1, 0.15) is 5.75 Å². The Labute approximate surface area is 196 Å². The van der Waals surface area contributed by atoms with Gasteiger partial charge in [0, 0.05) is 5.56 Å². The molecule has 32 heavy (non-hydrogen) atoms. The van der Waals surface area contributed by atoms with E-state index in [2.05, 4.69) is 15.4 Å². The summed E-state index contributed by atoms with van der Waals surface area (Å²) in [6, 6.07) is 15.0. The number of rotatable bonds is 5. The standard InChI is InChI=1S/C21H12ClFN4O3S2/c22-20-24-11-15(23)18(25-20)30-14-8-4-5-12(9-14)10-16-19(29)27(21(31)32-16)26-17(28)13-6-2-1-3-7-13/h1-11H,(H,26,28)/b16-10+. The zero-order chi connectivity index (χ0) is 22.7. The third kappa shape index (κ3) is 4.93. The molecule has 7 nitrogen and oxygen atoms in total. The smallest absolute Gasteiger partial charge is 0.285 e. The lowest BCUT2D eigenvalue weighted by Gasteiger charge is -2.15. The number of hydrazine groups is 1. The largest absolute Gasteiger partial charge is 0.436 e. The molecule has 0 saturated carbocycles. The van der Waals surface area contributed by atoms with E-state index in [1.54, 1.807) is 60.7 Å². The number of halogens is 2. The number of hydrogen-bond donors (Lipinski definition) is 1. The lowest BCUT2D eigenvalue weighted by Crippen LogP contribution is -2.44. The molecule has 0 spiro atoms. The quantitative estimate of drug-likeness (QED) is 0.320. The number of aromatic nitrogens is 2. The zero-order valence-electron chi connectivity index (χ0n) is 16.0. The molecule has 4 rings (SSSR count). The second kappa shape index (κ2) is 9.43. The number of hydrogen-bond acceptors (Lipinski definition) is 7. The molecule has 0 aliphatic carbocycles. The van der Waals surface area contributed by atoms with E-state index < -0.39 is 17.6 Å². The normalized spacial score (nSPS) is 14.7. The molecule has 1 aliphatic rings. The van der Waals surface area contributed by atoms with Crippen LogP contribution in [-0.2, 0) is 4.79 Å². The number of carbonyl (C=O) groups excluding carboxylic acids is 2. The molecule has 1 fully saturated rings. The number of thiocarbonyl (C=S) groups is 1. The summed E-state index contributed by atoms with van der Waals surface area (Å²) in [6.45, 7) is 0. The Morgan fingerprint density at radius 3 is 2.78 bits per heavy atom. The van der Waals surface area contributed by atoms with Crippen LogP contribution in [0.3, 0.4) is 0 Å². The molecular formula is C21H12ClFN4O3S2. The summed E-state index contributed by atoms with van der Waals surface area (Å²) in [4.78, 5) is 32.7. The van der Waals surface area contributed by atoms with E-state index in [4.69, 9.17) is 28.6 Å². The van der Waals surface area contributed by atoms with Crippen molar-refractivity contribution in [2.45, 2.75) is 0 Å². The van der Waals surface area contributed by atoms with Gasteiger partial charge in [-0.05, 0) is 59.7 Å². The fourth-order valence-electron chi connectivity index (χ4n) is 2.65. The van der Waals surface area contributed by atoms with Crippen LogP contribution in [0.25, 0.3) is 6.08 Å². The Hall–Kier alpha value is -3.34. The van der Waals surface area contributed by atoms with Crippen LogP contribution in [0, 0.1) is 5.82 Å². The van der Waals surface area contributed by atoms with Gasteiger partial charge in [-0.15, -0.1) is 0 Å². The molecular weight excluding hydrogens is 475 g/mol. The van der Waals surface area contributed by atoms with Crippen molar-refractivity contribution in [1.29, 1.82) is 0 Å². The van der Waals surface area contributed by atoms with Gasteiger partial charge in [-0.1, -0.05) is 42.1 Å². The first kappa shape index (κ1) is 21.9. The SMILES string of the molecule is O=C(NN1C(=O)/C(=C\c2cccc(Oc3nc(Cl)ncc3F)c2)SC1=S)c1ccccc1. The Morgan fingerprint density at radius 1 is 1.22 bits per heavy atom. The highest BCUT2D eigenvalue weighted by Gasteiger charge is 2.33.